The molecule has 0 saturated carbocycles. The van der Waals surface area contributed by atoms with Gasteiger partial charge in [-0.15, -0.1) is 5.10 Å². The predicted molar refractivity (Wildman–Crippen MR) is 161 cm³/mol. The normalized spacial score (nSPS) is 17.1. The van der Waals surface area contributed by atoms with Gasteiger partial charge >= 0.3 is 0 Å². The van der Waals surface area contributed by atoms with Gasteiger partial charge in [0.05, 0.1) is 49.7 Å². The van der Waals surface area contributed by atoms with Crippen LogP contribution in [0.2, 0.25) is 0 Å². The first-order valence-corrected chi connectivity index (χ1v) is 15.7. The van der Waals surface area contributed by atoms with Gasteiger partial charge in [-0.05, 0) is 49.2 Å². The zero-order chi connectivity index (χ0) is 28.4. The lowest BCUT2D eigenvalue weighted by Gasteiger charge is -2.40. The molecule has 0 radical (unpaired) electrons. The Morgan fingerprint density at radius 1 is 1.00 bits per heavy atom. The number of morpholine rings is 1. The molecule has 0 aliphatic carbocycles. The third-order valence-electron chi connectivity index (χ3n) is 7.68. The number of nitrogens with zero attached hydrogens (tertiary/aromatic N) is 5. The number of sulfonamides is 1. The van der Waals surface area contributed by atoms with Crippen LogP contribution in [0.25, 0.3) is 16.8 Å². The molecule has 2 aliphatic rings. The van der Waals surface area contributed by atoms with E-state index in [9.17, 15) is 8.42 Å². The molecule has 2 fully saturated rings. The van der Waals surface area contributed by atoms with Crippen LogP contribution in [-0.2, 0) is 14.8 Å². The highest BCUT2D eigenvalue weighted by Gasteiger charge is 2.26. The van der Waals surface area contributed by atoms with Gasteiger partial charge in [-0.2, -0.15) is 0 Å². The molecule has 0 bridgehead atoms. The van der Waals surface area contributed by atoms with Gasteiger partial charge in [-0.25, -0.2) is 17.9 Å². The van der Waals surface area contributed by atoms with Gasteiger partial charge in [-0.3, -0.25) is 9.62 Å². The first-order valence-electron chi connectivity index (χ1n) is 13.8. The van der Waals surface area contributed by atoms with Crippen molar-refractivity contribution in [3.05, 3.63) is 60.8 Å². The van der Waals surface area contributed by atoms with E-state index in [0.29, 0.717) is 23.4 Å². The van der Waals surface area contributed by atoms with Crippen LogP contribution in [0.15, 0.2) is 60.8 Å². The summed E-state index contributed by atoms with van der Waals surface area (Å²) < 4.78 is 39.0. The maximum absolute atomic E-state index is 11.7. The van der Waals surface area contributed by atoms with Gasteiger partial charge in [0, 0.05) is 55.2 Å². The van der Waals surface area contributed by atoms with Crippen LogP contribution >= 0.6 is 0 Å². The summed E-state index contributed by atoms with van der Waals surface area (Å²) in [6.45, 7) is 5.76. The second-order valence-corrected chi connectivity index (χ2v) is 12.2. The minimum Gasteiger partial charge on any atom is -0.494 e. The van der Waals surface area contributed by atoms with E-state index in [2.05, 4.69) is 37.0 Å². The summed E-state index contributed by atoms with van der Waals surface area (Å²) >= 11 is 0. The number of aromatic nitrogens is 3. The molecular weight excluding hydrogens is 542 g/mol. The van der Waals surface area contributed by atoms with E-state index in [1.54, 1.807) is 36.0 Å². The van der Waals surface area contributed by atoms with Crippen molar-refractivity contribution in [3.8, 4) is 17.0 Å². The van der Waals surface area contributed by atoms with Crippen molar-refractivity contribution in [1.29, 1.82) is 0 Å². The van der Waals surface area contributed by atoms with Crippen LogP contribution in [-0.4, -0.2) is 86.7 Å². The van der Waals surface area contributed by atoms with Gasteiger partial charge in [0.1, 0.15) is 5.75 Å². The number of ether oxygens (including phenoxy) is 2. The molecule has 12 heteroatoms. The van der Waals surface area contributed by atoms with Crippen molar-refractivity contribution >= 4 is 38.6 Å². The van der Waals surface area contributed by atoms with Crippen LogP contribution in [0, 0.1) is 0 Å². The summed E-state index contributed by atoms with van der Waals surface area (Å²) in [5, 5.41) is 8.04. The minimum atomic E-state index is -3.38. The monoisotopic (exact) mass is 577 g/mol. The van der Waals surface area contributed by atoms with Gasteiger partial charge < -0.3 is 19.7 Å². The van der Waals surface area contributed by atoms with Gasteiger partial charge in [0.15, 0.2) is 0 Å². The smallest absolute Gasteiger partial charge is 0.245 e. The molecular formula is C29H35N7O4S. The molecule has 41 heavy (non-hydrogen) atoms. The van der Waals surface area contributed by atoms with E-state index in [1.165, 1.54) is 0 Å². The molecule has 4 aromatic rings. The molecule has 2 aromatic carbocycles. The van der Waals surface area contributed by atoms with Crippen molar-refractivity contribution in [3.63, 3.8) is 0 Å². The summed E-state index contributed by atoms with van der Waals surface area (Å²) in [6.07, 6.45) is 5.16. The molecule has 2 saturated heterocycles. The molecule has 11 nitrogen and oxygen atoms in total. The highest BCUT2D eigenvalue weighted by Crippen LogP contribution is 2.33. The number of fused-ring (bicyclic) bond motifs is 1. The van der Waals surface area contributed by atoms with Crippen LogP contribution in [0.1, 0.15) is 12.8 Å². The maximum Gasteiger partial charge on any atom is 0.245 e. The molecule has 6 rings (SSSR count). The highest BCUT2D eigenvalue weighted by molar-refractivity contribution is 7.92. The van der Waals surface area contributed by atoms with Crippen molar-refractivity contribution in [1.82, 2.24) is 19.5 Å². The van der Waals surface area contributed by atoms with Crippen LogP contribution in [0.4, 0.5) is 23.0 Å². The number of anilines is 4. The van der Waals surface area contributed by atoms with Crippen molar-refractivity contribution in [2.75, 3.05) is 67.7 Å². The Morgan fingerprint density at radius 3 is 2.56 bits per heavy atom. The molecule has 0 unspecified atom stereocenters. The molecule has 2 aliphatic heterocycles. The molecule has 0 amide bonds. The average molecular weight is 578 g/mol. The standard InChI is InChI=1S/C29H35N7O4S/c1-39-28-19-24(34-12-10-23(11-13-34)35-14-16-40-17-15-35)6-8-26(28)31-29-30-20-25-7-9-27(36(25)32-29)21-4-3-5-22(18-21)33-41(2,37)38/h3-9,18-20,23,33H,10-17H2,1-2H3,(H,31,32). The van der Waals surface area contributed by atoms with E-state index < -0.39 is 10.0 Å². The molecule has 0 spiro atoms. The fourth-order valence-electron chi connectivity index (χ4n) is 5.67. The number of nitrogens with one attached hydrogen (secondary N) is 2. The Bertz CT molecular complexity index is 1630. The van der Waals surface area contributed by atoms with E-state index in [1.807, 2.05) is 24.3 Å². The first-order chi connectivity index (χ1) is 19.9. The van der Waals surface area contributed by atoms with Gasteiger partial charge in [0.2, 0.25) is 16.0 Å². The highest BCUT2D eigenvalue weighted by atomic mass is 32.2. The number of benzene rings is 2. The molecule has 4 heterocycles. The first kappa shape index (κ1) is 27.3. The van der Waals surface area contributed by atoms with E-state index >= 15 is 0 Å². The summed E-state index contributed by atoms with van der Waals surface area (Å²) in [7, 11) is -1.72. The van der Waals surface area contributed by atoms with Crippen molar-refractivity contribution < 1.29 is 17.9 Å². The van der Waals surface area contributed by atoms with E-state index in [-0.39, 0.29) is 0 Å². The zero-order valence-electron chi connectivity index (χ0n) is 23.3. The summed E-state index contributed by atoms with van der Waals surface area (Å²) in [5.74, 6) is 1.13. The second kappa shape index (κ2) is 11.6. The van der Waals surface area contributed by atoms with Crippen LogP contribution in [0.3, 0.4) is 0 Å². The average Bonchev–Trinajstić information content (AvgIpc) is 3.41. The molecule has 216 valence electrons. The van der Waals surface area contributed by atoms with E-state index in [0.717, 1.165) is 86.6 Å². The fraction of sp³-hybridized carbons (Fsp3) is 0.379. The lowest BCUT2D eigenvalue weighted by Crippen LogP contribution is -2.49. The Balaban J connectivity index is 1.19. The molecule has 2 aromatic heterocycles. The van der Waals surface area contributed by atoms with Gasteiger partial charge in [-0.1, -0.05) is 12.1 Å². The van der Waals surface area contributed by atoms with Crippen molar-refractivity contribution in [2.24, 2.45) is 0 Å². The second-order valence-electron chi connectivity index (χ2n) is 10.5. The number of methoxy groups -OCH3 is 1. The Morgan fingerprint density at radius 2 is 1.80 bits per heavy atom. The third-order valence-corrected chi connectivity index (χ3v) is 8.29. The number of piperidine rings is 1. The fourth-order valence-corrected chi connectivity index (χ4v) is 6.22. The summed E-state index contributed by atoms with van der Waals surface area (Å²) in [5.41, 5.74) is 4.84. The Labute approximate surface area is 240 Å². The lowest BCUT2D eigenvalue weighted by molar-refractivity contribution is 0.0115. The van der Waals surface area contributed by atoms with E-state index in [4.69, 9.17) is 14.6 Å². The summed E-state index contributed by atoms with van der Waals surface area (Å²) in [6, 6.07) is 17.9. The predicted octanol–water partition coefficient (Wildman–Crippen LogP) is 3.82. The maximum atomic E-state index is 11.7. The minimum absolute atomic E-state index is 0.415. The topological polar surface area (TPSA) is 113 Å². The Kier molecular flexibility index (Phi) is 7.69. The number of rotatable bonds is 8. The Hall–Kier alpha value is -3.87. The SMILES string of the molecule is COc1cc(N2CCC(N3CCOCC3)CC2)ccc1Nc1ncc2ccc(-c3cccc(NS(C)(=O)=O)c3)n2n1. The van der Waals surface area contributed by atoms with Crippen LogP contribution < -0.4 is 19.7 Å². The number of hydrogen-bond donors (Lipinski definition) is 2. The quantitative estimate of drug-likeness (QED) is 0.323. The lowest BCUT2D eigenvalue weighted by atomic mass is 10.0. The summed E-state index contributed by atoms with van der Waals surface area (Å²) in [4.78, 5) is 9.50. The zero-order valence-corrected chi connectivity index (χ0v) is 24.1. The molecule has 2 N–H and O–H groups in total. The van der Waals surface area contributed by atoms with Crippen molar-refractivity contribution in [2.45, 2.75) is 18.9 Å². The molecule has 0 atom stereocenters. The third kappa shape index (κ3) is 6.24. The largest absolute Gasteiger partial charge is 0.494 e. The number of hydrogen-bond acceptors (Lipinski definition) is 9. The van der Waals surface area contributed by atoms with Crippen LogP contribution in [0.5, 0.6) is 5.75 Å². The van der Waals surface area contributed by atoms with Gasteiger partial charge in [0.25, 0.3) is 0 Å².